The quantitative estimate of drug-likeness (QED) is 0.873. The number of benzene rings is 1. The third-order valence-corrected chi connectivity index (χ3v) is 4.46. The predicted molar refractivity (Wildman–Crippen MR) is 86.8 cm³/mol. The molecule has 0 aliphatic carbocycles. The second kappa shape index (κ2) is 8.40. The van der Waals surface area contributed by atoms with Crippen molar-refractivity contribution in [2.75, 3.05) is 20.2 Å². The van der Waals surface area contributed by atoms with Crippen LogP contribution in [0.15, 0.2) is 24.3 Å². The van der Waals surface area contributed by atoms with Crippen LogP contribution in [-0.2, 0) is 6.42 Å². The standard InChI is InChI=1S/C18H29NO2/c1-15(20)14-17-6-4-3-5-12-19(17)13-11-16-7-9-18(21-2)10-8-16/h7-10,15,17,20H,3-6,11-14H2,1-2H3. The molecule has 0 bridgehead atoms. The first-order valence-electron chi connectivity index (χ1n) is 8.24. The first-order chi connectivity index (χ1) is 10.2. The number of hydrogen-bond donors (Lipinski definition) is 1. The minimum absolute atomic E-state index is 0.198. The number of aliphatic hydroxyl groups is 1. The van der Waals surface area contributed by atoms with E-state index in [4.69, 9.17) is 4.74 Å². The van der Waals surface area contributed by atoms with Gasteiger partial charge in [0.2, 0.25) is 0 Å². The van der Waals surface area contributed by atoms with Crippen molar-refractivity contribution in [2.24, 2.45) is 0 Å². The van der Waals surface area contributed by atoms with Crippen molar-refractivity contribution in [3.05, 3.63) is 29.8 Å². The Morgan fingerprint density at radius 3 is 2.67 bits per heavy atom. The smallest absolute Gasteiger partial charge is 0.118 e. The second-order valence-corrected chi connectivity index (χ2v) is 6.22. The third-order valence-electron chi connectivity index (χ3n) is 4.46. The average Bonchev–Trinajstić information content (AvgIpc) is 2.70. The summed E-state index contributed by atoms with van der Waals surface area (Å²) in [6, 6.07) is 8.92. The summed E-state index contributed by atoms with van der Waals surface area (Å²) in [5.74, 6) is 0.917. The maximum Gasteiger partial charge on any atom is 0.118 e. The Bertz CT molecular complexity index is 402. The van der Waals surface area contributed by atoms with Crippen LogP contribution in [0.1, 0.15) is 44.6 Å². The Labute approximate surface area is 128 Å². The molecule has 0 amide bonds. The Morgan fingerprint density at radius 2 is 2.00 bits per heavy atom. The largest absolute Gasteiger partial charge is 0.497 e. The van der Waals surface area contributed by atoms with E-state index in [9.17, 15) is 5.11 Å². The van der Waals surface area contributed by atoms with Gasteiger partial charge in [0.05, 0.1) is 13.2 Å². The van der Waals surface area contributed by atoms with Gasteiger partial charge in [-0.05, 0) is 56.8 Å². The van der Waals surface area contributed by atoms with Gasteiger partial charge in [0.15, 0.2) is 0 Å². The van der Waals surface area contributed by atoms with Crippen molar-refractivity contribution in [2.45, 2.75) is 57.6 Å². The SMILES string of the molecule is COc1ccc(CCN2CCCCCC2CC(C)O)cc1. The zero-order valence-electron chi connectivity index (χ0n) is 13.4. The summed E-state index contributed by atoms with van der Waals surface area (Å²) in [5, 5.41) is 9.72. The van der Waals surface area contributed by atoms with E-state index >= 15 is 0 Å². The van der Waals surface area contributed by atoms with E-state index < -0.39 is 0 Å². The molecule has 1 heterocycles. The van der Waals surface area contributed by atoms with E-state index in [1.54, 1.807) is 7.11 Å². The van der Waals surface area contributed by atoms with Crippen LogP contribution in [0.2, 0.25) is 0 Å². The molecule has 2 atom stereocenters. The maximum atomic E-state index is 9.72. The van der Waals surface area contributed by atoms with Gasteiger partial charge in [-0.3, -0.25) is 4.90 Å². The minimum atomic E-state index is -0.198. The molecule has 2 unspecified atom stereocenters. The highest BCUT2D eigenvalue weighted by molar-refractivity contribution is 5.27. The fourth-order valence-corrected chi connectivity index (χ4v) is 3.26. The zero-order chi connectivity index (χ0) is 15.1. The van der Waals surface area contributed by atoms with Gasteiger partial charge in [0.25, 0.3) is 0 Å². The Kier molecular flexibility index (Phi) is 6.52. The highest BCUT2D eigenvalue weighted by atomic mass is 16.5. The summed E-state index contributed by atoms with van der Waals surface area (Å²) >= 11 is 0. The van der Waals surface area contributed by atoms with Gasteiger partial charge in [-0.15, -0.1) is 0 Å². The molecule has 0 spiro atoms. The van der Waals surface area contributed by atoms with Gasteiger partial charge in [-0.25, -0.2) is 0 Å². The molecule has 0 aromatic heterocycles. The summed E-state index contributed by atoms with van der Waals surface area (Å²) < 4.78 is 5.20. The Balaban J connectivity index is 1.90. The lowest BCUT2D eigenvalue weighted by molar-refractivity contribution is 0.113. The monoisotopic (exact) mass is 291 g/mol. The van der Waals surface area contributed by atoms with Crippen molar-refractivity contribution in [1.82, 2.24) is 4.90 Å². The van der Waals surface area contributed by atoms with E-state index in [1.807, 2.05) is 19.1 Å². The van der Waals surface area contributed by atoms with Crippen LogP contribution < -0.4 is 4.74 Å². The molecule has 118 valence electrons. The summed E-state index contributed by atoms with van der Waals surface area (Å²) in [6.07, 6.45) is 6.93. The van der Waals surface area contributed by atoms with E-state index in [0.717, 1.165) is 25.1 Å². The van der Waals surface area contributed by atoms with E-state index in [0.29, 0.717) is 6.04 Å². The van der Waals surface area contributed by atoms with Gasteiger partial charge < -0.3 is 9.84 Å². The van der Waals surface area contributed by atoms with Gasteiger partial charge >= 0.3 is 0 Å². The normalized spacial score (nSPS) is 21.8. The number of rotatable bonds is 6. The minimum Gasteiger partial charge on any atom is -0.497 e. The lowest BCUT2D eigenvalue weighted by Crippen LogP contribution is -2.38. The summed E-state index contributed by atoms with van der Waals surface area (Å²) in [5.41, 5.74) is 1.36. The maximum absolute atomic E-state index is 9.72. The molecular formula is C18H29NO2. The number of hydrogen-bond acceptors (Lipinski definition) is 3. The molecule has 1 aliphatic rings. The van der Waals surface area contributed by atoms with Crippen LogP contribution in [0.4, 0.5) is 0 Å². The van der Waals surface area contributed by atoms with Crippen molar-refractivity contribution < 1.29 is 9.84 Å². The first-order valence-corrected chi connectivity index (χ1v) is 8.24. The van der Waals surface area contributed by atoms with Gasteiger partial charge in [0.1, 0.15) is 5.75 Å². The van der Waals surface area contributed by atoms with Crippen LogP contribution in [0.25, 0.3) is 0 Å². The zero-order valence-corrected chi connectivity index (χ0v) is 13.4. The van der Waals surface area contributed by atoms with Crippen molar-refractivity contribution in [1.29, 1.82) is 0 Å². The number of aliphatic hydroxyl groups excluding tert-OH is 1. The number of likely N-dealkylation sites (tertiary alicyclic amines) is 1. The van der Waals surface area contributed by atoms with Crippen LogP contribution in [-0.4, -0.2) is 42.4 Å². The van der Waals surface area contributed by atoms with E-state index in [1.165, 1.54) is 37.8 Å². The fourth-order valence-electron chi connectivity index (χ4n) is 3.26. The molecule has 1 aliphatic heterocycles. The average molecular weight is 291 g/mol. The van der Waals surface area contributed by atoms with Crippen LogP contribution in [0, 0.1) is 0 Å². The lowest BCUT2D eigenvalue weighted by atomic mass is 10.0. The molecule has 1 aromatic carbocycles. The topological polar surface area (TPSA) is 32.7 Å². The van der Waals surface area contributed by atoms with Gasteiger partial charge in [0, 0.05) is 12.6 Å². The van der Waals surface area contributed by atoms with Crippen molar-refractivity contribution >= 4 is 0 Å². The van der Waals surface area contributed by atoms with Crippen LogP contribution >= 0.6 is 0 Å². The molecule has 1 aromatic rings. The van der Waals surface area contributed by atoms with Gasteiger partial charge in [-0.1, -0.05) is 25.0 Å². The summed E-state index contributed by atoms with van der Waals surface area (Å²) in [7, 11) is 1.70. The molecule has 3 heteroatoms. The second-order valence-electron chi connectivity index (χ2n) is 6.22. The predicted octanol–water partition coefficient (Wildman–Crippen LogP) is 3.25. The molecular weight excluding hydrogens is 262 g/mol. The van der Waals surface area contributed by atoms with Gasteiger partial charge in [-0.2, -0.15) is 0 Å². The molecule has 1 fully saturated rings. The number of nitrogens with zero attached hydrogens (tertiary/aromatic N) is 1. The van der Waals surface area contributed by atoms with Crippen molar-refractivity contribution in [3.63, 3.8) is 0 Å². The first kappa shape index (κ1) is 16.3. The highest BCUT2D eigenvalue weighted by Gasteiger charge is 2.21. The third kappa shape index (κ3) is 5.33. The Morgan fingerprint density at radius 1 is 1.24 bits per heavy atom. The van der Waals surface area contributed by atoms with Crippen LogP contribution in [0.5, 0.6) is 5.75 Å². The van der Waals surface area contributed by atoms with E-state index in [-0.39, 0.29) is 6.10 Å². The van der Waals surface area contributed by atoms with Crippen LogP contribution in [0.3, 0.4) is 0 Å². The van der Waals surface area contributed by atoms with E-state index in [2.05, 4.69) is 17.0 Å². The molecule has 0 saturated carbocycles. The Hall–Kier alpha value is -1.06. The highest BCUT2D eigenvalue weighted by Crippen LogP contribution is 2.21. The molecule has 0 radical (unpaired) electrons. The molecule has 2 rings (SSSR count). The molecule has 3 nitrogen and oxygen atoms in total. The number of methoxy groups -OCH3 is 1. The summed E-state index contributed by atoms with van der Waals surface area (Å²) in [4.78, 5) is 2.59. The molecule has 1 saturated heterocycles. The van der Waals surface area contributed by atoms with Crippen molar-refractivity contribution in [3.8, 4) is 5.75 Å². The molecule has 1 N–H and O–H groups in total. The fraction of sp³-hybridized carbons (Fsp3) is 0.667. The number of ether oxygens (including phenoxy) is 1. The summed E-state index contributed by atoms with van der Waals surface area (Å²) in [6.45, 7) is 4.17. The molecule has 21 heavy (non-hydrogen) atoms. The lowest BCUT2D eigenvalue weighted by Gasteiger charge is -2.31.